The van der Waals surface area contributed by atoms with Crippen molar-refractivity contribution >= 4 is 53.5 Å². The lowest BCUT2D eigenvalue weighted by Gasteiger charge is -2.35. The van der Waals surface area contributed by atoms with Gasteiger partial charge < -0.3 is 5.32 Å². The van der Waals surface area contributed by atoms with E-state index in [0.717, 1.165) is 25.3 Å². The van der Waals surface area contributed by atoms with Gasteiger partial charge >= 0.3 is 0 Å². The van der Waals surface area contributed by atoms with Crippen LogP contribution in [0.25, 0.3) is 0 Å². The second kappa shape index (κ2) is 6.27. The van der Waals surface area contributed by atoms with Crippen LogP contribution in [0.2, 0.25) is 0 Å². The van der Waals surface area contributed by atoms with E-state index in [4.69, 9.17) is 0 Å². The molecule has 2 rings (SSSR count). The Bertz CT molecular complexity index is 410. The number of halogens is 3. The summed E-state index contributed by atoms with van der Waals surface area (Å²) in [5.74, 6) is 1.53. The van der Waals surface area contributed by atoms with Gasteiger partial charge in [-0.2, -0.15) is 0 Å². The largest absolute Gasteiger partial charge is 0.380 e. The van der Waals surface area contributed by atoms with Gasteiger partial charge in [-0.1, -0.05) is 42.6 Å². The Morgan fingerprint density at radius 3 is 2.28 bits per heavy atom. The zero-order valence-electron chi connectivity index (χ0n) is 10.6. The van der Waals surface area contributed by atoms with E-state index in [9.17, 15) is 0 Å². The van der Waals surface area contributed by atoms with Crippen LogP contribution in [0.5, 0.6) is 0 Å². The molecule has 1 aliphatic rings. The van der Waals surface area contributed by atoms with Gasteiger partial charge in [0.05, 0.1) is 5.69 Å². The van der Waals surface area contributed by atoms with Crippen LogP contribution in [0.3, 0.4) is 0 Å². The third kappa shape index (κ3) is 3.31. The van der Waals surface area contributed by atoms with Gasteiger partial charge in [-0.25, -0.2) is 0 Å². The van der Waals surface area contributed by atoms with Crippen LogP contribution in [0.1, 0.15) is 33.1 Å². The Labute approximate surface area is 134 Å². The Morgan fingerprint density at radius 2 is 1.67 bits per heavy atom. The highest BCUT2D eigenvalue weighted by Gasteiger charge is 2.27. The third-order valence-corrected chi connectivity index (χ3v) is 5.75. The Balaban J connectivity index is 2.18. The summed E-state index contributed by atoms with van der Waals surface area (Å²) in [6, 6.07) is 4.75. The number of hydrogen-bond donors (Lipinski definition) is 1. The third-order valence-electron chi connectivity index (χ3n) is 4.04. The summed E-state index contributed by atoms with van der Waals surface area (Å²) in [6.07, 6.45) is 3.96. The van der Waals surface area contributed by atoms with Gasteiger partial charge in [0.15, 0.2) is 0 Å². The molecule has 1 aromatic carbocycles. The molecule has 3 unspecified atom stereocenters. The van der Waals surface area contributed by atoms with Gasteiger partial charge in [0.1, 0.15) is 0 Å². The minimum atomic E-state index is 0.572. The highest BCUT2D eigenvalue weighted by atomic mass is 79.9. The molecule has 1 fully saturated rings. The smallest absolute Gasteiger partial charge is 0.0632 e. The fourth-order valence-electron chi connectivity index (χ4n) is 2.65. The van der Waals surface area contributed by atoms with E-state index in [0.29, 0.717) is 6.04 Å². The minimum absolute atomic E-state index is 0.572. The molecule has 0 aliphatic heterocycles. The van der Waals surface area contributed by atoms with Crippen LogP contribution in [-0.4, -0.2) is 6.04 Å². The fourth-order valence-corrected chi connectivity index (χ4v) is 5.14. The molecule has 1 aliphatic carbocycles. The van der Waals surface area contributed by atoms with Crippen molar-refractivity contribution in [2.75, 3.05) is 5.32 Å². The van der Waals surface area contributed by atoms with Crippen LogP contribution >= 0.6 is 47.8 Å². The molecule has 0 radical (unpaired) electrons. The van der Waals surface area contributed by atoms with E-state index >= 15 is 0 Å². The molecule has 1 nitrogen and oxygen atoms in total. The second-order valence-corrected chi connectivity index (χ2v) is 7.89. The van der Waals surface area contributed by atoms with Crippen LogP contribution < -0.4 is 5.32 Å². The van der Waals surface area contributed by atoms with Crippen LogP contribution in [0.15, 0.2) is 25.6 Å². The predicted molar refractivity (Wildman–Crippen MR) is 89.1 cm³/mol. The molecule has 1 N–H and O–H groups in total. The predicted octanol–water partition coefficient (Wildman–Crippen LogP) is 6.21. The first-order valence-electron chi connectivity index (χ1n) is 6.40. The summed E-state index contributed by atoms with van der Waals surface area (Å²) in [7, 11) is 0. The van der Waals surface area contributed by atoms with Crippen molar-refractivity contribution in [2.24, 2.45) is 11.8 Å². The lowest BCUT2D eigenvalue weighted by molar-refractivity contribution is 0.253. The zero-order chi connectivity index (χ0) is 13.3. The molecule has 0 bridgehead atoms. The monoisotopic (exact) mass is 437 g/mol. The van der Waals surface area contributed by atoms with Gasteiger partial charge in [0.2, 0.25) is 0 Å². The first-order valence-corrected chi connectivity index (χ1v) is 8.78. The van der Waals surface area contributed by atoms with E-state index in [-0.39, 0.29) is 0 Å². The average molecular weight is 440 g/mol. The van der Waals surface area contributed by atoms with Crippen LogP contribution in [0, 0.1) is 11.8 Å². The van der Waals surface area contributed by atoms with Crippen molar-refractivity contribution in [1.82, 2.24) is 0 Å². The van der Waals surface area contributed by atoms with Crippen molar-refractivity contribution in [3.05, 3.63) is 25.6 Å². The first-order chi connectivity index (χ1) is 8.49. The minimum Gasteiger partial charge on any atom is -0.380 e. The van der Waals surface area contributed by atoms with Crippen molar-refractivity contribution in [3.8, 4) is 0 Å². The number of benzene rings is 1. The second-order valence-electron chi connectivity index (χ2n) is 5.26. The van der Waals surface area contributed by atoms with Crippen LogP contribution in [-0.2, 0) is 0 Å². The Morgan fingerprint density at radius 1 is 1.06 bits per heavy atom. The van der Waals surface area contributed by atoms with Gasteiger partial charge in [-0.05, 0) is 62.2 Å². The van der Waals surface area contributed by atoms with E-state index < -0.39 is 0 Å². The maximum absolute atomic E-state index is 3.71. The van der Waals surface area contributed by atoms with Crippen LogP contribution in [0.4, 0.5) is 5.69 Å². The Hall–Kier alpha value is 0.460. The van der Waals surface area contributed by atoms with Gasteiger partial charge in [0, 0.05) is 19.5 Å². The van der Waals surface area contributed by atoms with Gasteiger partial charge in [-0.15, -0.1) is 0 Å². The summed E-state index contributed by atoms with van der Waals surface area (Å²) >= 11 is 10.8. The molecule has 0 heterocycles. The van der Waals surface area contributed by atoms with Crippen molar-refractivity contribution < 1.29 is 0 Å². The van der Waals surface area contributed by atoms with E-state index in [1.54, 1.807) is 0 Å². The lowest BCUT2D eigenvalue weighted by Crippen LogP contribution is -2.35. The number of hydrogen-bond acceptors (Lipinski definition) is 1. The average Bonchev–Trinajstić information content (AvgIpc) is 2.28. The Kier molecular flexibility index (Phi) is 5.18. The lowest BCUT2D eigenvalue weighted by atomic mass is 9.78. The molecule has 3 atom stereocenters. The highest BCUT2D eigenvalue weighted by Crippen LogP contribution is 2.38. The van der Waals surface area contributed by atoms with Crippen molar-refractivity contribution in [1.29, 1.82) is 0 Å². The molecule has 4 heteroatoms. The summed E-state index contributed by atoms with van der Waals surface area (Å²) in [5, 5.41) is 3.71. The fraction of sp³-hybridized carbons (Fsp3) is 0.571. The van der Waals surface area contributed by atoms with E-state index in [1.807, 2.05) is 0 Å². The topological polar surface area (TPSA) is 12.0 Å². The molecular weight excluding hydrogens is 422 g/mol. The summed E-state index contributed by atoms with van der Waals surface area (Å²) < 4.78 is 3.29. The SMILES string of the molecule is CC1CCCC(Nc2c(Br)cc(Br)cc2Br)C1C. The molecule has 0 spiro atoms. The molecule has 100 valence electrons. The first kappa shape index (κ1) is 14.9. The van der Waals surface area contributed by atoms with E-state index in [1.165, 1.54) is 24.9 Å². The number of nitrogens with one attached hydrogen (secondary N) is 1. The quantitative estimate of drug-likeness (QED) is 0.577. The maximum atomic E-state index is 3.71. The molecule has 0 aromatic heterocycles. The summed E-state index contributed by atoms with van der Waals surface area (Å²) in [5.41, 5.74) is 1.17. The standard InChI is InChI=1S/C14H18Br3N/c1-8-4-3-5-13(9(8)2)18-14-11(16)6-10(15)7-12(14)17/h6-9,13,18H,3-5H2,1-2H3. The summed E-state index contributed by atoms with van der Waals surface area (Å²) in [4.78, 5) is 0. The van der Waals surface area contributed by atoms with E-state index in [2.05, 4.69) is 79.1 Å². The van der Waals surface area contributed by atoms with Gasteiger partial charge in [0.25, 0.3) is 0 Å². The van der Waals surface area contributed by atoms with Crippen molar-refractivity contribution in [3.63, 3.8) is 0 Å². The van der Waals surface area contributed by atoms with Gasteiger partial charge in [-0.3, -0.25) is 0 Å². The maximum Gasteiger partial charge on any atom is 0.0632 e. The molecule has 0 saturated heterocycles. The highest BCUT2D eigenvalue weighted by molar-refractivity contribution is 9.11. The normalized spacial score (nSPS) is 28.2. The molecule has 18 heavy (non-hydrogen) atoms. The molecular formula is C14H18Br3N. The summed E-state index contributed by atoms with van der Waals surface area (Å²) in [6.45, 7) is 4.73. The molecule has 0 amide bonds. The molecule has 1 saturated carbocycles. The van der Waals surface area contributed by atoms with Crippen molar-refractivity contribution in [2.45, 2.75) is 39.2 Å². The number of rotatable bonds is 2. The number of anilines is 1. The zero-order valence-corrected chi connectivity index (χ0v) is 15.4. The molecule has 1 aromatic rings.